The smallest absolute Gasteiger partial charge is 0.426 e. The number of benzene rings is 1. The van der Waals surface area contributed by atoms with Gasteiger partial charge in [0, 0.05) is 0 Å². The number of carboxylic acid groups (broad SMARTS) is 1. The van der Waals surface area contributed by atoms with Crippen LogP contribution in [-0.4, -0.2) is 33.9 Å². The lowest BCUT2D eigenvalue weighted by Crippen LogP contribution is -2.52. The Morgan fingerprint density at radius 3 is 2.25 bits per heavy atom. The van der Waals surface area contributed by atoms with E-state index in [0.717, 1.165) is 18.2 Å². The van der Waals surface area contributed by atoms with Gasteiger partial charge < -0.3 is 15.5 Å². The maximum Gasteiger partial charge on any atom is 0.426 e. The van der Waals surface area contributed by atoms with Crippen molar-refractivity contribution in [2.24, 2.45) is 0 Å². The normalized spacial score (nSPS) is 14.5. The molecule has 0 fully saturated rings. The van der Waals surface area contributed by atoms with Crippen LogP contribution in [-0.2, 0) is 4.79 Å². The molecule has 1 aromatic carbocycles. The monoisotopic (exact) mass is 311 g/mol. The molecule has 0 aliphatic carbocycles. The van der Waals surface area contributed by atoms with Crippen LogP contribution in [0.25, 0.3) is 0 Å². The Hall–Kier alpha value is -1.80. The zero-order valence-corrected chi connectivity index (χ0v) is 10.7. The summed E-state index contributed by atoms with van der Waals surface area (Å²) in [4.78, 5) is 22.0. The Morgan fingerprint density at radius 2 is 1.85 bits per heavy atom. The Balaban J connectivity index is 3.00. The van der Waals surface area contributed by atoms with Crippen molar-refractivity contribution < 1.29 is 33.0 Å². The Labute approximate surface area is 116 Å². The number of anilines is 1. The number of carboxylic acids is 1. The molecular weight excluding hydrogens is 303 g/mol. The molecule has 1 aromatic rings. The molecule has 0 saturated carbocycles. The number of amides is 1. The molecule has 9 heteroatoms. The lowest BCUT2D eigenvalue weighted by molar-refractivity contribution is -0.242. The van der Waals surface area contributed by atoms with Crippen molar-refractivity contribution in [3.63, 3.8) is 0 Å². The molecule has 1 unspecified atom stereocenters. The van der Waals surface area contributed by atoms with Crippen molar-refractivity contribution in [2.75, 3.05) is 5.32 Å². The Kier molecular flexibility index (Phi) is 4.30. The van der Waals surface area contributed by atoms with Gasteiger partial charge in [-0.25, -0.2) is 4.79 Å². The molecule has 0 saturated heterocycles. The summed E-state index contributed by atoms with van der Waals surface area (Å²) in [6.07, 6.45) is -5.16. The first-order valence-corrected chi connectivity index (χ1v) is 5.48. The third-order valence-electron chi connectivity index (χ3n) is 2.46. The molecule has 0 aromatic heterocycles. The fourth-order valence-corrected chi connectivity index (χ4v) is 1.35. The second-order valence-electron chi connectivity index (χ2n) is 4.02. The quantitative estimate of drug-likeness (QED) is 0.799. The maximum atomic E-state index is 12.4. The summed E-state index contributed by atoms with van der Waals surface area (Å²) in [5, 5.41) is 19.3. The van der Waals surface area contributed by atoms with Crippen LogP contribution in [0.5, 0.6) is 0 Å². The Bertz CT molecular complexity index is 557. The van der Waals surface area contributed by atoms with Crippen LogP contribution in [0, 0.1) is 0 Å². The summed E-state index contributed by atoms with van der Waals surface area (Å²) in [5.41, 5.74) is -4.04. The van der Waals surface area contributed by atoms with Crippen LogP contribution in [0.1, 0.15) is 17.3 Å². The topological polar surface area (TPSA) is 86.6 Å². The highest BCUT2D eigenvalue weighted by Gasteiger charge is 2.55. The van der Waals surface area contributed by atoms with E-state index in [1.807, 2.05) is 0 Å². The largest absolute Gasteiger partial charge is 0.478 e. The highest BCUT2D eigenvalue weighted by Crippen LogP contribution is 2.32. The molecule has 0 bridgehead atoms. The molecular formula is C11H9ClF3NO4. The maximum absolute atomic E-state index is 12.4. The second kappa shape index (κ2) is 5.29. The molecule has 1 atom stereocenters. The number of carbonyl (C=O) groups excluding carboxylic acids is 1. The van der Waals surface area contributed by atoms with Crippen LogP contribution < -0.4 is 5.32 Å². The molecule has 1 rings (SSSR count). The SMILES string of the molecule is CC(O)(C(=O)Nc1ccc(C(=O)O)cc1Cl)C(F)(F)F. The highest BCUT2D eigenvalue weighted by atomic mass is 35.5. The first-order valence-electron chi connectivity index (χ1n) is 5.10. The van der Waals surface area contributed by atoms with Crippen LogP contribution >= 0.6 is 11.6 Å². The van der Waals surface area contributed by atoms with Gasteiger partial charge in [-0.05, 0) is 25.1 Å². The first kappa shape index (κ1) is 16.3. The van der Waals surface area contributed by atoms with E-state index in [2.05, 4.69) is 0 Å². The number of carbonyl (C=O) groups is 2. The summed E-state index contributed by atoms with van der Waals surface area (Å²) in [6.45, 7) is 0.294. The number of rotatable bonds is 3. The molecule has 20 heavy (non-hydrogen) atoms. The lowest BCUT2D eigenvalue weighted by atomic mass is 10.1. The summed E-state index contributed by atoms with van der Waals surface area (Å²) >= 11 is 5.64. The minimum atomic E-state index is -5.16. The van der Waals surface area contributed by atoms with E-state index in [0.29, 0.717) is 6.92 Å². The van der Waals surface area contributed by atoms with Gasteiger partial charge in [0.1, 0.15) is 0 Å². The number of aliphatic hydroxyl groups is 1. The van der Waals surface area contributed by atoms with Crippen molar-refractivity contribution in [2.45, 2.75) is 18.7 Å². The lowest BCUT2D eigenvalue weighted by Gasteiger charge is -2.25. The van der Waals surface area contributed by atoms with Crippen molar-refractivity contribution in [3.8, 4) is 0 Å². The summed E-state index contributed by atoms with van der Waals surface area (Å²) in [6, 6.07) is 3.03. The highest BCUT2D eigenvalue weighted by molar-refractivity contribution is 6.34. The van der Waals surface area contributed by atoms with Gasteiger partial charge in [-0.1, -0.05) is 11.6 Å². The predicted molar refractivity (Wildman–Crippen MR) is 63.7 cm³/mol. The van der Waals surface area contributed by atoms with Crippen molar-refractivity contribution in [1.29, 1.82) is 0 Å². The summed E-state index contributed by atoms with van der Waals surface area (Å²) in [5.74, 6) is -3.01. The molecule has 3 N–H and O–H groups in total. The number of alkyl halides is 3. The van der Waals surface area contributed by atoms with Gasteiger partial charge in [-0.2, -0.15) is 13.2 Å². The van der Waals surface area contributed by atoms with Gasteiger partial charge in [-0.3, -0.25) is 4.79 Å². The van der Waals surface area contributed by atoms with Crippen molar-refractivity contribution >= 4 is 29.2 Å². The molecule has 0 aliphatic rings. The standard InChI is InChI=1S/C11H9ClF3NO4/c1-10(20,11(13,14)15)9(19)16-7-3-2-5(8(17)18)4-6(7)12/h2-4,20H,1H3,(H,16,19)(H,17,18). The van der Waals surface area contributed by atoms with Crippen LogP contribution in [0.2, 0.25) is 5.02 Å². The van der Waals surface area contributed by atoms with Gasteiger partial charge in [0.05, 0.1) is 16.3 Å². The Morgan fingerprint density at radius 1 is 1.30 bits per heavy atom. The minimum absolute atomic E-state index is 0.199. The molecule has 0 radical (unpaired) electrons. The van der Waals surface area contributed by atoms with E-state index in [4.69, 9.17) is 21.8 Å². The summed E-state index contributed by atoms with van der Waals surface area (Å²) in [7, 11) is 0. The molecule has 0 spiro atoms. The van der Waals surface area contributed by atoms with Gasteiger partial charge in [0.25, 0.3) is 5.91 Å². The van der Waals surface area contributed by atoms with Crippen LogP contribution in [0.3, 0.4) is 0 Å². The third kappa shape index (κ3) is 3.20. The number of hydrogen-bond acceptors (Lipinski definition) is 3. The third-order valence-corrected chi connectivity index (χ3v) is 2.77. The van der Waals surface area contributed by atoms with E-state index in [9.17, 15) is 22.8 Å². The van der Waals surface area contributed by atoms with E-state index in [1.54, 1.807) is 5.32 Å². The van der Waals surface area contributed by atoms with Gasteiger partial charge in [0.2, 0.25) is 5.60 Å². The zero-order valence-electron chi connectivity index (χ0n) is 9.95. The number of aromatic carboxylic acids is 1. The van der Waals surface area contributed by atoms with Crippen molar-refractivity contribution in [1.82, 2.24) is 0 Å². The van der Waals surface area contributed by atoms with Crippen LogP contribution in [0.4, 0.5) is 18.9 Å². The summed E-state index contributed by atoms with van der Waals surface area (Å²) < 4.78 is 37.3. The second-order valence-corrected chi connectivity index (χ2v) is 4.43. The van der Waals surface area contributed by atoms with Gasteiger partial charge >= 0.3 is 12.1 Å². The van der Waals surface area contributed by atoms with E-state index in [-0.39, 0.29) is 16.3 Å². The fraction of sp³-hybridized carbons (Fsp3) is 0.273. The molecule has 110 valence electrons. The molecule has 0 heterocycles. The van der Waals surface area contributed by atoms with Crippen LogP contribution in [0.15, 0.2) is 18.2 Å². The van der Waals surface area contributed by atoms with Gasteiger partial charge in [0.15, 0.2) is 0 Å². The fourth-order valence-electron chi connectivity index (χ4n) is 1.12. The molecule has 1 amide bonds. The van der Waals surface area contributed by atoms with Crippen molar-refractivity contribution in [3.05, 3.63) is 28.8 Å². The zero-order chi connectivity index (χ0) is 15.7. The van der Waals surface area contributed by atoms with Gasteiger partial charge in [-0.15, -0.1) is 0 Å². The van der Waals surface area contributed by atoms with E-state index < -0.39 is 23.7 Å². The number of halogens is 4. The number of hydrogen-bond donors (Lipinski definition) is 3. The predicted octanol–water partition coefficient (Wildman–Crippen LogP) is 2.29. The average Bonchev–Trinajstić information content (AvgIpc) is 2.29. The number of nitrogens with one attached hydrogen (secondary N) is 1. The molecule has 5 nitrogen and oxygen atoms in total. The minimum Gasteiger partial charge on any atom is -0.478 e. The molecule has 0 aliphatic heterocycles. The van der Waals surface area contributed by atoms with E-state index in [1.165, 1.54) is 0 Å². The average molecular weight is 312 g/mol. The van der Waals surface area contributed by atoms with E-state index >= 15 is 0 Å². The first-order chi connectivity index (χ1) is 8.96.